The molecule has 1 saturated heterocycles. The van der Waals surface area contributed by atoms with Crippen LogP contribution in [0.2, 0.25) is 0 Å². The van der Waals surface area contributed by atoms with Crippen molar-refractivity contribution in [3.63, 3.8) is 0 Å². The lowest BCUT2D eigenvalue weighted by atomic mass is 9.99. The van der Waals surface area contributed by atoms with E-state index in [0.717, 1.165) is 38.6 Å². The van der Waals surface area contributed by atoms with E-state index in [-0.39, 0.29) is 5.54 Å². The van der Waals surface area contributed by atoms with Gasteiger partial charge in [0.2, 0.25) is 0 Å². The Kier molecular flexibility index (Phi) is 4.85. The van der Waals surface area contributed by atoms with Crippen molar-refractivity contribution in [1.29, 1.82) is 0 Å². The van der Waals surface area contributed by atoms with E-state index in [9.17, 15) is 0 Å². The fourth-order valence-electron chi connectivity index (χ4n) is 1.67. The molecular weight excluding hydrogens is 176 g/mol. The first kappa shape index (κ1) is 12.0. The molecule has 0 saturated carbocycles. The van der Waals surface area contributed by atoms with Crippen LogP contribution in [0.5, 0.6) is 0 Å². The average molecular weight is 200 g/mol. The first-order valence-corrected chi connectivity index (χ1v) is 5.65. The van der Waals surface area contributed by atoms with E-state index in [2.05, 4.69) is 19.2 Å². The highest BCUT2D eigenvalue weighted by Gasteiger charge is 2.14. The predicted octanol–water partition coefficient (Wildman–Crippen LogP) is 1.13. The van der Waals surface area contributed by atoms with E-state index >= 15 is 0 Å². The molecule has 14 heavy (non-hydrogen) atoms. The van der Waals surface area contributed by atoms with Crippen molar-refractivity contribution in [3.8, 4) is 0 Å². The maximum absolute atomic E-state index is 5.89. The van der Waals surface area contributed by atoms with Gasteiger partial charge in [0.1, 0.15) is 0 Å². The Hall–Kier alpha value is -0.120. The van der Waals surface area contributed by atoms with Crippen LogP contribution in [-0.4, -0.2) is 31.8 Å². The molecule has 0 amide bonds. The third-order valence-corrected chi connectivity index (χ3v) is 2.72. The van der Waals surface area contributed by atoms with E-state index in [0.29, 0.717) is 0 Å². The number of rotatable bonds is 5. The maximum atomic E-state index is 5.89. The molecule has 0 unspecified atom stereocenters. The normalized spacial score (nSPS) is 19.9. The molecule has 1 heterocycles. The van der Waals surface area contributed by atoms with Gasteiger partial charge in [-0.3, -0.25) is 0 Å². The Balaban J connectivity index is 1.97. The smallest absolute Gasteiger partial charge is 0.0469 e. The van der Waals surface area contributed by atoms with Gasteiger partial charge in [0.05, 0.1) is 0 Å². The van der Waals surface area contributed by atoms with Crippen molar-refractivity contribution in [1.82, 2.24) is 5.32 Å². The molecule has 0 aromatic rings. The lowest BCUT2D eigenvalue weighted by Crippen LogP contribution is -2.37. The first-order chi connectivity index (χ1) is 6.58. The van der Waals surface area contributed by atoms with Crippen LogP contribution in [0.15, 0.2) is 0 Å². The standard InChI is InChI=1S/C11H24N2O/c1-11(2,12)5-6-13-9-10-3-7-14-8-4-10/h10,13H,3-9,12H2,1-2H3. The lowest BCUT2D eigenvalue weighted by Gasteiger charge is -2.23. The minimum Gasteiger partial charge on any atom is -0.381 e. The molecule has 84 valence electrons. The van der Waals surface area contributed by atoms with Gasteiger partial charge in [0.15, 0.2) is 0 Å². The Morgan fingerprint density at radius 2 is 2.00 bits per heavy atom. The van der Waals surface area contributed by atoms with Crippen molar-refractivity contribution >= 4 is 0 Å². The fraction of sp³-hybridized carbons (Fsp3) is 1.00. The lowest BCUT2D eigenvalue weighted by molar-refractivity contribution is 0.0662. The predicted molar refractivity (Wildman–Crippen MR) is 59.3 cm³/mol. The molecule has 3 N–H and O–H groups in total. The van der Waals surface area contributed by atoms with Gasteiger partial charge in [-0.15, -0.1) is 0 Å². The van der Waals surface area contributed by atoms with E-state index < -0.39 is 0 Å². The third kappa shape index (κ3) is 5.58. The number of nitrogens with two attached hydrogens (primary N) is 1. The molecule has 3 heteroatoms. The molecular formula is C11H24N2O. The average Bonchev–Trinajstić information content (AvgIpc) is 2.13. The molecule has 1 aliphatic heterocycles. The zero-order valence-electron chi connectivity index (χ0n) is 9.51. The van der Waals surface area contributed by atoms with Gasteiger partial charge in [0.25, 0.3) is 0 Å². The minimum absolute atomic E-state index is 0.0390. The second kappa shape index (κ2) is 5.69. The van der Waals surface area contributed by atoms with Crippen molar-refractivity contribution in [2.45, 2.75) is 38.6 Å². The summed E-state index contributed by atoms with van der Waals surface area (Å²) < 4.78 is 5.31. The Morgan fingerprint density at radius 3 is 2.57 bits per heavy atom. The quantitative estimate of drug-likeness (QED) is 0.654. The largest absolute Gasteiger partial charge is 0.381 e. The van der Waals surface area contributed by atoms with Gasteiger partial charge in [-0.2, -0.15) is 0 Å². The summed E-state index contributed by atoms with van der Waals surface area (Å²) in [6.45, 7) is 8.18. The van der Waals surface area contributed by atoms with Gasteiger partial charge in [-0.25, -0.2) is 0 Å². The highest BCUT2D eigenvalue weighted by molar-refractivity contribution is 4.73. The van der Waals surface area contributed by atoms with Crippen LogP contribution in [0, 0.1) is 5.92 Å². The van der Waals surface area contributed by atoms with Crippen LogP contribution in [0.25, 0.3) is 0 Å². The van der Waals surface area contributed by atoms with Crippen LogP contribution >= 0.6 is 0 Å². The van der Waals surface area contributed by atoms with Gasteiger partial charge in [-0.05, 0) is 52.1 Å². The molecule has 0 aliphatic carbocycles. The Labute approximate surface area is 87.4 Å². The zero-order valence-corrected chi connectivity index (χ0v) is 9.51. The Bertz CT molecular complexity index is 148. The third-order valence-electron chi connectivity index (χ3n) is 2.72. The highest BCUT2D eigenvalue weighted by atomic mass is 16.5. The summed E-state index contributed by atoms with van der Waals surface area (Å²) in [7, 11) is 0. The molecule has 0 radical (unpaired) electrons. The summed E-state index contributed by atoms with van der Waals surface area (Å²) in [4.78, 5) is 0. The fourth-order valence-corrected chi connectivity index (χ4v) is 1.67. The van der Waals surface area contributed by atoms with Crippen molar-refractivity contribution in [3.05, 3.63) is 0 Å². The summed E-state index contributed by atoms with van der Waals surface area (Å²) in [6.07, 6.45) is 3.45. The highest BCUT2D eigenvalue weighted by Crippen LogP contribution is 2.13. The molecule has 3 nitrogen and oxygen atoms in total. The van der Waals surface area contributed by atoms with Crippen LogP contribution in [0.1, 0.15) is 33.1 Å². The van der Waals surface area contributed by atoms with E-state index in [1.807, 2.05) is 0 Å². The minimum atomic E-state index is -0.0390. The van der Waals surface area contributed by atoms with Crippen molar-refractivity contribution in [2.75, 3.05) is 26.3 Å². The summed E-state index contributed by atoms with van der Waals surface area (Å²) in [6, 6.07) is 0. The van der Waals surface area contributed by atoms with Crippen molar-refractivity contribution in [2.24, 2.45) is 11.7 Å². The SMILES string of the molecule is CC(C)(N)CCNCC1CCOCC1. The van der Waals surface area contributed by atoms with Gasteiger partial charge < -0.3 is 15.8 Å². The van der Waals surface area contributed by atoms with Gasteiger partial charge in [-0.1, -0.05) is 0 Å². The molecule has 1 fully saturated rings. The topological polar surface area (TPSA) is 47.3 Å². The molecule has 0 aromatic heterocycles. The van der Waals surface area contributed by atoms with Crippen LogP contribution in [0.3, 0.4) is 0 Å². The first-order valence-electron chi connectivity index (χ1n) is 5.65. The number of hydrogen-bond acceptors (Lipinski definition) is 3. The second-order valence-corrected chi connectivity index (χ2v) is 5.00. The molecule has 1 rings (SSSR count). The summed E-state index contributed by atoms with van der Waals surface area (Å²) in [5.74, 6) is 0.810. The molecule has 0 bridgehead atoms. The Morgan fingerprint density at radius 1 is 1.36 bits per heavy atom. The number of ether oxygens (including phenoxy) is 1. The molecule has 0 spiro atoms. The number of hydrogen-bond donors (Lipinski definition) is 2. The van der Waals surface area contributed by atoms with E-state index in [4.69, 9.17) is 10.5 Å². The zero-order chi connectivity index (χ0) is 10.4. The van der Waals surface area contributed by atoms with E-state index in [1.54, 1.807) is 0 Å². The molecule has 0 atom stereocenters. The molecule has 1 aliphatic rings. The maximum Gasteiger partial charge on any atom is 0.0469 e. The van der Waals surface area contributed by atoms with Crippen LogP contribution < -0.4 is 11.1 Å². The summed E-state index contributed by atoms with van der Waals surface area (Å²) in [5.41, 5.74) is 5.86. The molecule has 0 aromatic carbocycles. The number of nitrogens with one attached hydrogen (secondary N) is 1. The van der Waals surface area contributed by atoms with Gasteiger partial charge >= 0.3 is 0 Å². The van der Waals surface area contributed by atoms with Gasteiger partial charge in [0, 0.05) is 18.8 Å². The van der Waals surface area contributed by atoms with E-state index in [1.165, 1.54) is 12.8 Å². The van der Waals surface area contributed by atoms with Crippen molar-refractivity contribution < 1.29 is 4.74 Å². The van der Waals surface area contributed by atoms with Crippen LogP contribution in [0.4, 0.5) is 0 Å². The second-order valence-electron chi connectivity index (χ2n) is 5.00. The summed E-state index contributed by atoms with van der Waals surface area (Å²) >= 11 is 0. The monoisotopic (exact) mass is 200 g/mol. The van der Waals surface area contributed by atoms with Crippen LogP contribution in [-0.2, 0) is 4.74 Å². The summed E-state index contributed by atoms with van der Waals surface area (Å²) in [5, 5.41) is 3.48.